The molecule has 0 amide bonds. The van der Waals surface area contributed by atoms with E-state index in [9.17, 15) is 0 Å². The summed E-state index contributed by atoms with van der Waals surface area (Å²) in [5.41, 5.74) is 1.23. The Morgan fingerprint density at radius 1 is 1.05 bits per heavy atom. The maximum absolute atomic E-state index is 5.93. The third kappa shape index (κ3) is 2.97. The van der Waals surface area contributed by atoms with E-state index in [-0.39, 0.29) is 0 Å². The van der Waals surface area contributed by atoms with Crippen LogP contribution in [0.1, 0.15) is 4.88 Å². The number of piperazine rings is 1. The number of anilines is 1. The van der Waals surface area contributed by atoms with Gasteiger partial charge in [-0.2, -0.15) is 0 Å². The van der Waals surface area contributed by atoms with Gasteiger partial charge in [0.2, 0.25) is 0 Å². The molecule has 2 heterocycles. The van der Waals surface area contributed by atoms with Gasteiger partial charge in [0.05, 0.1) is 4.88 Å². The molecule has 0 aliphatic carbocycles. The quantitative estimate of drug-likeness (QED) is 0.774. The van der Waals surface area contributed by atoms with Crippen molar-refractivity contribution in [1.29, 1.82) is 0 Å². The van der Waals surface area contributed by atoms with Crippen molar-refractivity contribution >= 4 is 45.8 Å². The molecular formula is C15H15ClN2S2. The van der Waals surface area contributed by atoms with Gasteiger partial charge in [-0.15, -0.1) is 11.3 Å². The Bertz CT molecular complexity index is 572. The number of nitrogens with zero attached hydrogens (tertiary/aromatic N) is 2. The van der Waals surface area contributed by atoms with Crippen LogP contribution in [-0.2, 0) is 0 Å². The number of rotatable bonds is 2. The molecule has 0 N–H and O–H groups in total. The van der Waals surface area contributed by atoms with Gasteiger partial charge in [-0.3, -0.25) is 0 Å². The van der Waals surface area contributed by atoms with Crippen LogP contribution in [0.3, 0.4) is 0 Å². The summed E-state index contributed by atoms with van der Waals surface area (Å²) in [5, 5.41) is 2.86. The van der Waals surface area contributed by atoms with E-state index in [0.717, 1.165) is 36.2 Å². The van der Waals surface area contributed by atoms with Crippen LogP contribution in [0.2, 0.25) is 5.02 Å². The molecule has 2 nitrogen and oxygen atoms in total. The standard InChI is InChI=1S/C15H15ClN2S2/c16-12-3-5-13(6-4-12)17-7-9-18(10-8-17)15(19)14-2-1-11-20-14/h1-6,11H,7-10H2. The van der Waals surface area contributed by atoms with Crippen molar-refractivity contribution in [3.63, 3.8) is 0 Å². The molecule has 0 saturated carbocycles. The van der Waals surface area contributed by atoms with E-state index in [1.165, 1.54) is 10.6 Å². The van der Waals surface area contributed by atoms with E-state index in [0.29, 0.717) is 0 Å². The molecule has 104 valence electrons. The van der Waals surface area contributed by atoms with Crippen LogP contribution in [0, 0.1) is 0 Å². The summed E-state index contributed by atoms with van der Waals surface area (Å²) >= 11 is 13.2. The second-order valence-corrected chi connectivity index (χ2v) is 6.50. The predicted octanol–water partition coefficient (Wildman–Crippen LogP) is 3.90. The number of hydrogen-bond donors (Lipinski definition) is 0. The van der Waals surface area contributed by atoms with Gasteiger partial charge in [0.25, 0.3) is 0 Å². The lowest BCUT2D eigenvalue weighted by Gasteiger charge is -2.37. The highest BCUT2D eigenvalue weighted by Crippen LogP contribution is 2.21. The van der Waals surface area contributed by atoms with E-state index in [1.807, 2.05) is 12.1 Å². The average Bonchev–Trinajstić information content (AvgIpc) is 3.02. The highest BCUT2D eigenvalue weighted by atomic mass is 35.5. The van der Waals surface area contributed by atoms with Gasteiger partial charge in [-0.05, 0) is 35.7 Å². The molecule has 0 unspecified atom stereocenters. The first-order valence-electron chi connectivity index (χ1n) is 6.57. The molecule has 1 aromatic carbocycles. The first-order valence-corrected chi connectivity index (χ1v) is 8.24. The van der Waals surface area contributed by atoms with E-state index in [1.54, 1.807) is 11.3 Å². The van der Waals surface area contributed by atoms with Crippen LogP contribution < -0.4 is 4.90 Å². The van der Waals surface area contributed by atoms with Gasteiger partial charge in [-0.1, -0.05) is 29.9 Å². The lowest BCUT2D eigenvalue weighted by atomic mass is 10.2. The van der Waals surface area contributed by atoms with Crippen molar-refractivity contribution in [2.24, 2.45) is 0 Å². The van der Waals surface area contributed by atoms with Crippen molar-refractivity contribution in [3.8, 4) is 0 Å². The fourth-order valence-electron chi connectivity index (χ4n) is 2.38. The van der Waals surface area contributed by atoms with Crippen LogP contribution in [-0.4, -0.2) is 36.1 Å². The molecule has 1 aliphatic heterocycles. The van der Waals surface area contributed by atoms with Gasteiger partial charge in [0.15, 0.2) is 0 Å². The summed E-state index contributed by atoms with van der Waals surface area (Å²) in [6.07, 6.45) is 0. The van der Waals surface area contributed by atoms with Crippen molar-refractivity contribution < 1.29 is 0 Å². The maximum atomic E-state index is 5.93. The molecule has 0 radical (unpaired) electrons. The predicted molar refractivity (Wildman–Crippen MR) is 91.3 cm³/mol. The van der Waals surface area contributed by atoms with Crippen LogP contribution in [0.25, 0.3) is 0 Å². The zero-order chi connectivity index (χ0) is 13.9. The Labute approximate surface area is 133 Å². The Morgan fingerprint density at radius 3 is 2.35 bits per heavy atom. The second-order valence-electron chi connectivity index (χ2n) is 4.73. The van der Waals surface area contributed by atoms with E-state index in [2.05, 4.69) is 39.4 Å². The van der Waals surface area contributed by atoms with Gasteiger partial charge >= 0.3 is 0 Å². The van der Waals surface area contributed by atoms with Gasteiger partial charge in [-0.25, -0.2) is 0 Å². The number of halogens is 1. The van der Waals surface area contributed by atoms with Crippen LogP contribution in [0.5, 0.6) is 0 Å². The monoisotopic (exact) mass is 322 g/mol. The average molecular weight is 323 g/mol. The highest BCUT2D eigenvalue weighted by molar-refractivity contribution is 7.81. The van der Waals surface area contributed by atoms with Crippen molar-refractivity contribution in [2.75, 3.05) is 31.1 Å². The smallest absolute Gasteiger partial charge is 0.119 e. The molecule has 1 aromatic heterocycles. The van der Waals surface area contributed by atoms with Crippen LogP contribution in [0.15, 0.2) is 41.8 Å². The number of thiophene rings is 1. The second kappa shape index (κ2) is 6.12. The van der Waals surface area contributed by atoms with Crippen LogP contribution in [0.4, 0.5) is 5.69 Å². The van der Waals surface area contributed by atoms with Crippen molar-refractivity contribution in [2.45, 2.75) is 0 Å². The Morgan fingerprint density at radius 2 is 1.75 bits per heavy atom. The lowest BCUT2D eigenvalue weighted by Crippen LogP contribution is -2.48. The minimum atomic E-state index is 0.784. The summed E-state index contributed by atoms with van der Waals surface area (Å²) < 4.78 is 0. The number of hydrogen-bond acceptors (Lipinski definition) is 3. The first-order chi connectivity index (χ1) is 9.74. The molecule has 2 aromatic rings. The fraction of sp³-hybridized carbons (Fsp3) is 0.267. The highest BCUT2D eigenvalue weighted by Gasteiger charge is 2.20. The summed E-state index contributed by atoms with van der Waals surface area (Å²) in [5.74, 6) is 0. The first kappa shape index (κ1) is 13.9. The lowest BCUT2D eigenvalue weighted by molar-refractivity contribution is 0.393. The number of benzene rings is 1. The maximum Gasteiger partial charge on any atom is 0.119 e. The molecular weight excluding hydrogens is 308 g/mol. The van der Waals surface area contributed by atoms with Gasteiger partial charge in [0, 0.05) is 36.9 Å². The zero-order valence-corrected chi connectivity index (χ0v) is 13.3. The molecule has 20 heavy (non-hydrogen) atoms. The van der Waals surface area contributed by atoms with E-state index < -0.39 is 0 Å². The third-order valence-electron chi connectivity index (χ3n) is 3.49. The fourth-order valence-corrected chi connectivity index (χ4v) is 3.59. The summed E-state index contributed by atoms with van der Waals surface area (Å²) in [4.78, 5) is 6.85. The Hall–Kier alpha value is -1.10. The largest absolute Gasteiger partial charge is 0.368 e. The molecule has 3 rings (SSSR count). The van der Waals surface area contributed by atoms with Gasteiger partial charge in [0.1, 0.15) is 4.99 Å². The van der Waals surface area contributed by atoms with Crippen LogP contribution >= 0.6 is 35.2 Å². The summed E-state index contributed by atoms with van der Waals surface area (Å²) in [7, 11) is 0. The molecule has 1 aliphatic rings. The van der Waals surface area contributed by atoms with Crippen molar-refractivity contribution in [3.05, 3.63) is 51.7 Å². The Balaban J connectivity index is 1.62. The SMILES string of the molecule is S=C(c1cccs1)N1CCN(c2ccc(Cl)cc2)CC1. The number of thiocarbonyl (C=S) groups is 1. The molecule has 5 heteroatoms. The normalized spacial score (nSPS) is 15.4. The summed E-state index contributed by atoms with van der Waals surface area (Å²) in [6.45, 7) is 3.93. The molecule has 0 spiro atoms. The zero-order valence-electron chi connectivity index (χ0n) is 11.0. The Kier molecular flexibility index (Phi) is 4.24. The minimum absolute atomic E-state index is 0.784. The molecule has 0 bridgehead atoms. The van der Waals surface area contributed by atoms with Crippen molar-refractivity contribution in [1.82, 2.24) is 4.90 Å². The molecule has 1 fully saturated rings. The van der Waals surface area contributed by atoms with E-state index in [4.69, 9.17) is 23.8 Å². The van der Waals surface area contributed by atoms with Gasteiger partial charge < -0.3 is 9.80 Å². The third-order valence-corrected chi connectivity index (χ3v) is 5.23. The van der Waals surface area contributed by atoms with E-state index >= 15 is 0 Å². The minimum Gasteiger partial charge on any atom is -0.368 e. The summed E-state index contributed by atoms with van der Waals surface area (Å²) in [6, 6.07) is 12.2. The topological polar surface area (TPSA) is 6.48 Å². The molecule has 0 atom stereocenters. The molecule has 1 saturated heterocycles.